The van der Waals surface area contributed by atoms with Gasteiger partial charge in [0.15, 0.2) is 0 Å². The van der Waals surface area contributed by atoms with Crippen LogP contribution >= 0.6 is 0 Å². The Morgan fingerprint density at radius 3 is 2.69 bits per heavy atom. The third-order valence-corrected chi connectivity index (χ3v) is 2.59. The maximum Gasteiger partial charge on any atom is 0.0208 e. The minimum absolute atomic E-state index is 0.936. The van der Waals surface area contributed by atoms with Crippen molar-refractivity contribution in [3.05, 3.63) is 71.8 Å². The number of benzene rings is 1. The summed E-state index contributed by atoms with van der Waals surface area (Å²) in [6.07, 6.45) is 11.7. The summed E-state index contributed by atoms with van der Waals surface area (Å²) in [7, 11) is 0. The molecule has 0 atom stereocenters. The summed E-state index contributed by atoms with van der Waals surface area (Å²) in [5.41, 5.74) is 2.77. The van der Waals surface area contributed by atoms with E-state index in [1.54, 1.807) is 0 Å². The van der Waals surface area contributed by atoms with Crippen LogP contribution in [0.1, 0.15) is 12.0 Å². The van der Waals surface area contributed by atoms with Gasteiger partial charge in [0.05, 0.1) is 0 Å². The van der Waals surface area contributed by atoms with Gasteiger partial charge in [-0.25, -0.2) is 0 Å². The van der Waals surface area contributed by atoms with E-state index < -0.39 is 0 Å². The minimum Gasteiger partial charge on any atom is -0.309 e. The van der Waals surface area contributed by atoms with Crippen molar-refractivity contribution in [3.8, 4) is 0 Å². The molecule has 0 spiro atoms. The van der Waals surface area contributed by atoms with Crippen LogP contribution in [0.15, 0.2) is 66.3 Å². The summed E-state index contributed by atoms with van der Waals surface area (Å²) in [4.78, 5) is 0. The molecule has 1 N–H and O–H groups in total. The summed E-state index contributed by atoms with van der Waals surface area (Å²) in [6, 6.07) is 10.5. The molecule has 1 heteroatoms. The molecule has 0 bridgehead atoms. The predicted molar refractivity (Wildman–Crippen MR) is 69.1 cm³/mol. The molecule has 0 saturated carbocycles. The van der Waals surface area contributed by atoms with Crippen LogP contribution in [0.5, 0.6) is 0 Å². The smallest absolute Gasteiger partial charge is 0.0208 e. The molecule has 1 aliphatic rings. The van der Waals surface area contributed by atoms with Gasteiger partial charge >= 0.3 is 0 Å². The summed E-state index contributed by atoms with van der Waals surface area (Å²) < 4.78 is 0. The van der Waals surface area contributed by atoms with Crippen molar-refractivity contribution in [1.29, 1.82) is 0 Å². The van der Waals surface area contributed by atoms with Gasteiger partial charge in [0, 0.05) is 13.1 Å². The zero-order chi connectivity index (χ0) is 11.1. The molecule has 82 valence electrons. The lowest BCUT2D eigenvalue weighted by atomic mass is 10.1. The Bertz CT molecular complexity index is 399. The average molecular weight is 211 g/mol. The fraction of sp³-hybridized carbons (Fsp3) is 0.200. The fourth-order valence-electron chi connectivity index (χ4n) is 1.72. The van der Waals surface area contributed by atoms with Gasteiger partial charge in [-0.3, -0.25) is 0 Å². The van der Waals surface area contributed by atoms with Gasteiger partial charge in [-0.2, -0.15) is 0 Å². The third kappa shape index (κ3) is 3.52. The van der Waals surface area contributed by atoms with Crippen molar-refractivity contribution in [3.63, 3.8) is 0 Å². The zero-order valence-corrected chi connectivity index (χ0v) is 9.39. The van der Waals surface area contributed by atoms with Crippen molar-refractivity contribution in [2.45, 2.75) is 13.0 Å². The Morgan fingerprint density at radius 1 is 0.938 bits per heavy atom. The van der Waals surface area contributed by atoms with E-state index in [1.165, 1.54) is 11.1 Å². The molecule has 0 fully saturated rings. The first-order valence-corrected chi connectivity index (χ1v) is 5.71. The largest absolute Gasteiger partial charge is 0.309 e. The molecular formula is C15H17N. The van der Waals surface area contributed by atoms with E-state index in [0.717, 1.165) is 19.5 Å². The van der Waals surface area contributed by atoms with E-state index >= 15 is 0 Å². The number of nitrogens with one attached hydrogen (secondary N) is 1. The van der Waals surface area contributed by atoms with E-state index in [9.17, 15) is 0 Å². The Labute approximate surface area is 97.2 Å². The second kappa shape index (κ2) is 6.09. The maximum atomic E-state index is 3.46. The highest BCUT2D eigenvalue weighted by Crippen LogP contribution is 2.06. The van der Waals surface area contributed by atoms with Crippen LogP contribution in [-0.2, 0) is 6.54 Å². The molecule has 0 unspecified atom stereocenters. The lowest BCUT2D eigenvalue weighted by Gasteiger charge is -2.06. The highest BCUT2D eigenvalue weighted by atomic mass is 14.8. The van der Waals surface area contributed by atoms with Gasteiger partial charge in [0.2, 0.25) is 0 Å². The topological polar surface area (TPSA) is 12.0 Å². The molecular weight excluding hydrogens is 194 g/mol. The number of rotatable bonds is 4. The third-order valence-electron chi connectivity index (χ3n) is 2.59. The van der Waals surface area contributed by atoms with Gasteiger partial charge in [-0.05, 0) is 12.0 Å². The first kappa shape index (κ1) is 10.9. The van der Waals surface area contributed by atoms with Crippen LogP contribution < -0.4 is 5.32 Å². The zero-order valence-electron chi connectivity index (χ0n) is 9.39. The molecule has 0 radical (unpaired) electrons. The van der Waals surface area contributed by atoms with Crippen LogP contribution in [-0.4, -0.2) is 6.54 Å². The minimum atomic E-state index is 0.936. The summed E-state index contributed by atoms with van der Waals surface area (Å²) in [5.74, 6) is 0. The van der Waals surface area contributed by atoms with Crippen molar-refractivity contribution in [2.24, 2.45) is 0 Å². The first-order chi connectivity index (χ1) is 7.95. The number of hydrogen-bond donors (Lipinski definition) is 1. The summed E-state index contributed by atoms with van der Waals surface area (Å²) in [6.45, 7) is 1.90. The van der Waals surface area contributed by atoms with Crippen LogP contribution in [0, 0.1) is 0 Å². The van der Waals surface area contributed by atoms with E-state index in [-0.39, 0.29) is 0 Å². The van der Waals surface area contributed by atoms with Crippen LogP contribution in [0.3, 0.4) is 0 Å². The molecule has 1 nitrogen and oxygen atoms in total. The normalized spacial score (nSPS) is 14.6. The molecule has 2 rings (SSSR count). The van der Waals surface area contributed by atoms with Crippen molar-refractivity contribution in [2.75, 3.05) is 6.54 Å². The molecule has 1 aliphatic carbocycles. The van der Waals surface area contributed by atoms with Gasteiger partial charge in [-0.15, -0.1) is 0 Å². The van der Waals surface area contributed by atoms with Crippen LogP contribution in [0.2, 0.25) is 0 Å². The van der Waals surface area contributed by atoms with Crippen LogP contribution in [0.4, 0.5) is 0 Å². The van der Waals surface area contributed by atoms with Gasteiger partial charge in [0.1, 0.15) is 0 Å². The Morgan fingerprint density at radius 2 is 1.81 bits per heavy atom. The molecule has 16 heavy (non-hydrogen) atoms. The lowest BCUT2D eigenvalue weighted by Crippen LogP contribution is -2.16. The monoisotopic (exact) mass is 211 g/mol. The lowest BCUT2D eigenvalue weighted by molar-refractivity contribution is 0.732. The van der Waals surface area contributed by atoms with E-state index in [0.29, 0.717) is 0 Å². The van der Waals surface area contributed by atoms with Crippen molar-refractivity contribution >= 4 is 0 Å². The fourth-order valence-corrected chi connectivity index (χ4v) is 1.72. The van der Waals surface area contributed by atoms with Crippen LogP contribution in [0.25, 0.3) is 0 Å². The summed E-state index contributed by atoms with van der Waals surface area (Å²) in [5, 5.41) is 3.46. The van der Waals surface area contributed by atoms with E-state index in [4.69, 9.17) is 0 Å². The molecule has 1 aromatic rings. The maximum absolute atomic E-state index is 3.46. The Kier molecular flexibility index (Phi) is 4.15. The van der Waals surface area contributed by atoms with Gasteiger partial charge < -0.3 is 5.32 Å². The molecule has 0 aliphatic heterocycles. The number of hydrogen-bond acceptors (Lipinski definition) is 1. The highest BCUT2D eigenvalue weighted by Gasteiger charge is 1.96. The molecule has 0 heterocycles. The van der Waals surface area contributed by atoms with Gasteiger partial charge in [0.25, 0.3) is 0 Å². The Hall–Kier alpha value is -1.60. The Balaban J connectivity index is 1.78. The average Bonchev–Trinajstić information content (AvgIpc) is 2.59. The van der Waals surface area contributed by atoms with E-state index in [1.807, 2.05) is 6.07 Å². The van der Waals surface area contributed by atoms with E-state index in [2.05, 4.69) is 60.0 Å². The molecule has 1 aromatic carbocycles. The first-order valence-electron chi connectivity index (χ1n) is 5.71. The molecule has 0 amide bonds. The molecule has 0 aromatic heterocycles. The summed E-state index contributed by atoms with van der Waals surface area (Å²) >= 11 is 0. The highest BCUT2D eigenvalue weighted by molar-refractivity contribution is 5.24. The van der Waals surface area contributed by atoms with Gasteiger partial charge in [-0.1, -0.05) is 66.3 Å². The standard InChI is InChI=1S/C15H17N/c1-2-5-9-14(8-4-1)12-16-13-15-10-6-3-7-11-15/h1-8,10-11,16H,9,12-13H2. The predicted octanol–water partition coefficient (Wildman–Crippen LogP) is 3.22. The quantitative estimate of drug-likeness (QED) is 0.806. The SMILES string of the molecule is C1=CC=C(CNCc2ccccc2)CC=C1. The second-order valence-corrected chi connectivity index (χ2v) is 3.93. The van der Waals surface area contributed by atoms with Crippen molar-refractivity contribution in [1.82, 2.24) is 5.32 Å². The van der Waals surface area contributed by atoms with Crippen molar-refractivity contribution < 1.29 is 0 Å². The molecule has 0 saturated heterocycles. The second-order valence-electron chi connectivity index (χ2n) is 3.93. The number of allylic oxidation sites excluding steroid dienone is 5.